The van der Waals surface area contributed by atoms with Crippen molar-refractivity contribution in [2.75, 3.05) is 17.2 Å². The summed E-state index contributed by atoms with van der Waals surface area (Å²) in [7, 11) is 0. The van der Waals surface area contributed by atoms with Gasteiger partial charge in [0.1, 0.15) is 5.75 Å². The van der Waals surface area contributed by atoms with E-state index in [0.29, 0.717) is 28.1 Å². The van der Waals surface area contributed by atoms with Crippen molar-refractivity contribution >= 4 is 56.4 Å². The van der Waals surface area contributed by atoms with E-state index in [4.69, 9.17) is 17.0 Å². The van der Waals surface area contributed by atoms with E-state index < -0.39 is 23.6 Å². The van der Waals surface area contributed by atoms with E-state index in [1.165, 1.54) is 24.3 Å². The predicted octanol–water partition coefficient (Wildman–Crippen LogP) is 7.47. The van der Waals surface area contributed by atoms with Crippen LogP contribution in [0.3, 0.4) is 0 Å². The quantitative estimate of drug-likeness (QED) is 0.174. The summed E-state index contributed by atoms with van der Waals surface area (Å²) in [5, 5.41) is 7.94. The van der Waals surface area contributed by atoms with Gasteiger partial charge in [0.25, 0.3) is 11.8 Å². The van der Waals surface area contributed by atoms with E-state index in [1.807, 2.05) is 30.3 Å². The van der Waals surface area contributed by atoms with Gasteiger partial charge < -0.3 is 15.4 Å². The molecular weight excluding hydrogens is 619 g/mol. The third-order valence-corrected chi connectivity index (χ3v) is 6.59. The molecule has 0 fully saturated rings. The average molecular weight is 642 g/mol. The number of halogens is 4. The van der Waals surface area contributed by atoms with Gasteiger partial charge in [-0.15, -0.1) is 0 Å². The maximum Gasteiger partial charge on any atom is 0.416 e. The summed E-state index contributed by atoms with van der Waals surface area (Å²) >= 11 is 8.67. The highest BCUT2D eigenvalue weighted by atomic mass is 79.9. The van der Waals surface area contributed by atoms with Crippen LogP contribution >= 0.6 is 28.1 Å². The monoisotopic (exact) mass is 641 g/mol. The van der Waals surface area contributed by atoms with Crippen molar-refractivity contribution in [3.05, 3.63) is 124 Å². The highest BCUT2D eigenvalue weighted by Crippen LogP contribution is 2.31. The maximum atomic E-state index is 12.9. The summed E-state index contributed by atoms with van der Waals surface area (Å²) in [6, 6.07) is 25.3. The molecule has 0 saturated heterocycles. The SMILES string of the molecule is O=C(NC(=S)Nc1ccc(C(=O)Nc2cccc(C(F)(F)F)c2)cc1)c1ccc(OCCc2ccccc2)c(Br)c1. The van der Waals surface area contributed by atoms with Crippen molar-refractivity contribution in [2.45, 2.75) is 12.6 Å². The van der Waals surface area contributed by atoms with Crippen molar-refractivity contribution in [3.63, 3.8) is 0 Å². The Balaban J connectivity index is 1.27. The number of benzene rings is 4. The lowest BCUT2D eigenvalue weighted by molar-refractivity contribution is -0.137. The molecule has 0 atom stereocenters. The van der Waals surface area contributed by atoms with Gasteiger partial charge in [-0.25, -0.2) is 0 Å². The van der Waals surface area contributed by atoms with Crippen molar-refractivity contribution in [1.29, 1.82) is 0 Å². The zero-order chi connectivity index (χ0) is 29.4. The first kappa shape index (κ1) is 29.8. The third-order valence-electron chi connectivity index (χ3n) is 5.76. The van der Waals surface area contributed by atoms with Gasteiger partial charge in [-0.3, -0.25) is 14.9 Å². The number of ether oxygens (including phenoxy) is 1. The van der Waals surface area contributed by atoms with Crippen LogP contribution < -0.4 is 20.7 Å². The molecule has 41 heavy (non-hydrogen) atoms. The maximum absolute atomic E-state index is 12.9. The molecule has 0 aliphatic rings. The largest absolute Gasteiger partial charge is 0.492 e. The second kappa shape index (κ2) is 13.4. The van der Waals surface area contributed by atoms with E-state index in [0.717, 1.165) is 24.1 Å². The molecule has 4 aromatic carbocycles. The summed E-state index contributed by atoms with van der Waals surface area (Å²) in [5.41, 5.74) is 1.40. The Kier molecular flexibility index (Phi) is 9.74. The van der Waals surface area contributed by atoms with Gasteiger partial charge >= 0.3 is 6.18 Å². The van der Waals surface area contributed by atoms with Gasteiger partial charge in [0.05, 0.1) is 16.6 Å². The topological polar surface area (TPSA) is 79.5 Å². The molecule has 0 aliphatic carbocycles. The van der Waals surface area contributed by atoms with E-state index in [-0.39, 0.29) is 16.4 Å². The fraction of sp³-hybridized carbons (Fsp3) is 0.100. The molecule has 0 heterocycles. The third kappa shape index (κ3) is 8.63. The zero-order valence-electron chi connectivity index (χ0n) is 21.3. The Morgan fingerprint density at radius 3 is 2.17 bits per heavy atom. The van der Waals surface area contributed by atoms with Gasteiger partial charge in [0.2, 0.25) is 0 Å². The number of thiocarbonyl (C=S) groups is 1. The van der Waals surface area contributed by atoms with Crippen molar-refractivity contribution in [1.82, 2.24) is 5.32 Å². The normalized spacial score (nSPS) is 10.9. The minimum absolute atomic E-state index is 0.0225. The van der Waals surface area contributed by atoms with Crippen molar-refractivity contribution in [3.8, 4) is 5.75 Å². The summed E-state index contributed by atoms with van der Waals surface area (Å²) in [6.45, 7) is 0.480. The molecule has 0 bridgehead atoms. The Labute approximate surface area is 248 Å². The first-order chi connectivity index (χ1) is 19.6. The van der Waals surface area contributed by atoms with Crippen LogP contribution in [0.2, 0.25) is 0 Å². The molecule has 0 aromatic heterocycles. The average Bonchev–Trinajstić information content (AvgIpc) is 2.94. The van der Waals surface area contributed by atoms with Crippen LogP contribution in [0.5, 0.6) is 5.75 Å². The standard InChI is InChI=1S/C30H23BrF3N3O3S/c31-25-17-21(11-14-26(25)40-16-15-19-5-2-1-3-6-19)28(39)37-29(41)36-23-12-9-20(10-13-23)27(38)35-24-8-4-7-22(18-24)30(32,33)34/h1-14,17-18H,15-16H2,(H,35,38)(H2,36,37,39,41). The number of carbonyl (C=O) groups excluding carboxylic acids is 2. The molecule has 0 saturated carbocycles. The van der Waals surface area contributed by atoms with E-state index in [2.05, 4.69) is 31.9 Å². The van der Waals surface area contributed by atoms with Crippen LogP contribution in [-0.2, 0) is 12.6 Å². The second-order valence-electron chi connectivity index (χ2n) is 8.75. The summed E-state index contributed by atoms with van der Waals surface area (Å²) < 4.78 is 45.2. The smallest absolute Gasteiger partial charge is 0.416 e. The van der Waals surface area contributed by atoms with Crippen LogP contribution in [0.4, 0.5) is 24.5 Å². The first-order valence-electron chi connectivity index (χ1n) is 12.3. The molecule has 2 amide bonds. The predicted molar refractivity (Wildman–Crippen MR) is 159 cm³/mol. The molecule has 0 radical (unpaired) electrons. The summed E-state index contributed by atoms with van der Waals surface area (Å²) in [5.74, 6) is -0.406. The van der Waals surface area contributed by atoms with E-state index in [1.54, 1.807) is 30.3 Å². The molecule has 4 aromatic rings. The molecule has 0 aliphatic heterocycles. The van der Waals surface area contributed by atoms with Crippen LogP contribution in [-0.4, -0.2) is 23.5 Å². The van der Waals surface area contributed by atoms with Crippen LogP contribution in [0.1, 0.15) is 31.8 Å². The molecule has 210 valence electrons. The summed E-state index contributed by atoms with van der Waals surface area (Å²) in [4.78, 5) is 25.2. The lowest BCUT2D eigenvalue weighted by Crippen LogP contribution is -2.34. The fourth-order valence-corrected chi connectivity index (χ4v) is 4.41. The second-order valence-corrected chi connectivity index (χ2v) is 10.0. The number of amides is 2. The van der Waals surface area contributed by atoms with Gasteiger partial charge in [-0.2, -0.15) is 13.2 Å². The minimum Gasteiger partial charge on any atom is -0.492 e. The number of carbonyl (C=O) groups is 2. The molecule has 0 unspecified atom stereocenters. The molecule has 3 N–H and O–H groups in total. The van der Waals surface area contributed by atoms with Crippen molar-refractivity contribution < 1.29 is 27.5 Å². The number of nitrogens with one attached hydrogen (secondary N) is 3. The van der Waals surface area contributed by atoms with Gasteiger partial charge in [0.15, 0.2) is 5.11 Å². The Morgan fingerprint density at radius 2 is 1.49 bits per heavy atom. The van der Waals surface area contributed by atoms with Crippen LogP contribution in [0, 0.1) is 0 Å². The molecule has 4 rings (SSSR count). The van der Waals surface area contributed by atoms with Crippen LogP contribution in [0.15, 0.2) is 102 Å². The first-order valence-corrected chi connectivity index (χ1v) is 13.5. The zero-order valence-corrected chi connectivity index (χ0v) is 23.7. The lowest BCUT2D eigenvalue weighted by atomic mass is 10.1. The van der Waals surface area contributed by atoms with Gasteiger partial charge in [-0.1, -0.05) is 36.4 Å². The Morgan fingerprint density at radius 1 is 0.780 bits per heavy atom. The minimum atomic E-state index is -4.51. The Bertz CT molecular complexity index is 1550. The highest BCUT2D eigenvalue weighted by molar-refractivity contribution is 9.10. The highest BCUT2D eigenvalue weighted by Gasteiger charge is 2.30. The van der Waals surface area contributed by atoms with Gasteiger partial charge in [-0.05, 0) is 94.4 Å². The van der Waals surface area contributed by atoms with E-state index >= 15 is 0 Å². The molecular formula is C30H23BrF3N3O3S. The van der Waals surface area contributed by atoms with E-state index in [9.17, 15) is 22.8 Å². The molecule has 11 heteroatoms. The van der Waals surface area contributed by atoms with Crippen LogP contribution in [0.25, 0.3) is 0 Å². The number of anilines is 2. The summed E-state index contributed by atoms with van der Waals surface area (Å²) in [6.07, 6.45) is -3.77. The number of hydrogen-bond donors (Lipinski definition) is 3. The van der Waals surface area contributed by atoms with Crippen molar-refractivity contribution in [2.24, 2.45) is 0 Å². The number of rotatable bonds is 8. The Hall–Kier alpha value is -4.22. The van der Waals surface area contributed by atoms with Gasteiger partial charge in [0, 0.05) is 28.9 Å². The molecule has 6 nitrogen and oxygen atoms in total. The fourth-order valence-electron chi connectivity index (χ4n) is 3.70. The number of alkyl halides is 3. The number of hydrogen-bond acceptors (Lipinski definition) is 4. The molecule has 0 spiro atoms. The lowest BCUT2D eigenvalue weighted by Gasteiger charge is -2.12.